The normalized spacial score (nSPS) is 13.5. The number of ether oxygens (including phenoxy) is 4. The highest BCUT2D eigenvalue weighted by Gasteiger charge is 2.36. The van der Waals surface area contributed by atoms with Crippen LogP contribution in [0.2, 0.25) is 5.02 Å². The number of rotatable bonds is 12. The minimum Gasteiger partial charge on any atom is -0.497 e. The van der Waals surface area contributed by atoms with E-state index in [4.69, 9.17) is 30.5 Å². The zero-order valence-electron chi connectivity index (χ0n) is 30.2. The van der Waals surface area contributed by atoms with Crippen molar-refractivity contribution in [1.29, 1.82) is 5.26 Å². The molecule has 14 heteroatoms. The van der Waals surface area contributed by atoms with Gasteiger partial charge in [0.2, 0.25) is 16.0 Å². The van der Waals surface area contributed by atoms with E-state index in [0.717, 1.165) is 27.3 Å². The molecule has 0 aliphatic carbocycles. The predicted molar refractivity (Wildman–Crippen MR) is 197 cm³/mol. The predicted octanol–water partition coefficient (Wildman–Crippen LogP) is 6.88. The second-order valence-electron chi connectivity index (χ2n) is 14.0. The van der Waals surface area contributed by atoms with Crippen molar-refractivity contribution in [1.82, 2.24) is 14.9 Å². The van der Waals surface area contributed by atoms with Crippen molar-refractivity contribution in [3.05, 3.63) is 106 Å². The first-order valence-corrected chi connectivity index (χ1v) is 18.7. The smallest absolute Gasteiger partial charge is 0.410 e. The second kappa shape index (κ2) is 15.3. The summed E-state index contributed by atoms with van der Waals surface area (Å²) in [5.41, 5.74) is 2.18. The zero-order valence-corrected chi connectivity index (χ0v) is 31.8. The molecule has 12 nitrogen and oxygen atoms in total. The molecule has 1 fully saturated rings. The molecule has 3 aromatic carbocycles. The van der Waals surface area contributed by atoms with E-state index in [9.17, 15) is 18.5 Å². The number of benzene rings is 3. The van der Waals surface area contributed by atoms with Crippen LogP contribution in [-0.4, -0.2) is 67.5 Å². The third-order valence-corrected chi connectivity index (χ3v) is 9.82. The molecule has 1 aliphatic rings. The number of hydrogen-bond acceptors (Lipinski definition) is 10. The molecule has 2 heterocycles. The van der Waals surface area contributed by atoms with Gasteiger partial charge in [0.05, 0.1) is 49.3 Å². The number of nitriles is 1. The van der Waals surface area contributed by atoms with Gasteiger partial charge >= 0.3 is 6.09 Å². The Morgan fingerprint density at radius 3 is 2.25 bits per heavy atom. The lowest BCUT2D eigenvalue weighted by Crippen LogP contribution is -2.57. The van der Waals surface area contributed by atoms with Crippen molar-refractivity contribution in [2.24, 2.45) is 0 Å². The largest absolute Gasteiger partial charge is 0.497 e. The quantitative estimate of drug-likeness (QED) is 0.150. The fourth-order valence-electron chi connectivity index (χ4n) is 5.42. The molecule has 1 aliphatic heterocycles. The van der Waals surface area contributed by atoms with E-state index < -0.39 is 27.1 Å². The van der Waals surface area contributed by atoms with Crippen LogP contribution in [0.1, 0.15) is 62.6 Å². The SMILES string of the molecule is COc1ccc(CN(c2nccc(COc3ccc(C(C)(C)c4cc(Cl)c(OC5CN(C(=O)OC(C)(C)C)C5)c(C#N)c4)cc3)n2)S(C)(=O)=O)cc1. The summed E-state index contributed by atoms with van der Waals surface area (Å²) in [6, 6.07) is 22.1. The van der Waals surface area contributed by atoms with E-state index in [1.807, 2.05) is 58.9 Å². The number of carbonyl (C=O) groups is 1. The fraction of sp³-hybridized carbons (Fsp3) is 0.368. The summed E-state index contributed by atoms with van der Waals surface area (Å²) in [6.45, 7) is 10.3. The summed E-state index contributed by atoms with van der Waals surface area (Å²) in [7, 11) is -2.13. The van der Waals surface area contributed by atoms with Gasteiger partial charge in [-0.05, 0) is 79.9 Å². The zero-order chi connectivity index (χ0) is 37.8. The molecule has 0 spiro atoms. The maximum Gasteiger partial charge on any atom is 0.410 e. The summed E-state index contributed by atoms with van der Waals surface area (Å²) in [6.07, 6.45) is 1.89. The van der Waals surface area contributed by atoms with Gasteiger partial charge in [0.1, 0.15) is 35.9 Å². The van der Waals surface area contributed by atoms with Gasteiger partial charge in [-0.3, -0.25) is 0 Å². The number of sulfonamides is 1. The van der Waals surface area contributed by atoms with Gasteiger partial charge in [0, 0.05) is 11.6 Å². The monoisotopic (exact) mass is 747 g/mol. The Morgan fingerprint density at radius 2 is 1.65 bits per heavy atom. The van der Waals surface area contributed by atoms with Crippen LogP contribution >= 0.6 is 11.6 Å². The van der Waals surface area contributed by atoms with Crippen LogP contribution in [-0.2, 0) is 33.3 Å². The molecule has 0 N–H and O–H groups in total. The molecule has 0 radical (unpaired) electrons. The van der Waals surface area contributed by atoms with Gasteiger partial charge in [-0.2, -0.15) is 5.26 Å². The first-order valence-electron chi connectivity index (χ1n) is 16.5. The van der Waals surface area contributed by atoms with E-state index >= 15 is 0 Å². The Labute approximate surface area is 309 Å². The lowest BCUT2D eigenvalue weighted by molar-refractivity contribution is -0.0221. The Morgan fingerprint density at radius 1 is 1.00 bits per heavy atom. The minimum atomic E-state index is -3.70. The van der Waals surface area contributed by atoms with Crippen molar-refractivity contribution >= 4 is 33.7 Å². The highest BCUT2D eigenvalue weighted by Crippen LogP contribution is 2.39. The van der Waals surface area contributed by atoms with Crippen LogP contribution in [0.4, 0.5) is 10.7 Å². The minimum absolute atomic E-state index is 0.0405. The Kier molecular flexibility index (Phi) is 11.2. The van der Waals surface area contributed by atoms with E-state index in [2.05, 4.69) is 16.0 Å². The molecule has 1 aromatic heterocycles. The second-order valence-corrected chi connectivity index (χ2v) is 16.3. The number of carbonyl (C=O) groups excluding carboxylic acids is 1. The first kappa shape index (κ1) is 38.2. The highest BCUT2D eigenvalue weighted by molar-refractivity contribution is 7.92. The molecule has 52 heavy (non-hydrogen) atoms. The molecular formula is C38H42ClN5O7S. The molecule has 0 bridgehead atoms. The van der Waals surface area contributed by atoms with Crippen LogP contribution in [0.15, 0.2) is 72.9 Å². The van der Waals surface area contributed by atoms with E-state index in [0.29, 0.717) is 40.9 Å². The molecule has 274 valence electrons. The molecule has 4 aromatic rings. The third-order valence-electron chi connectivity index (χ3n) is 8.44. The Hall–Kier alpha value is -5.06. The number of likely N-dealkylation sites (tertiary alicyclic amines) is 1. The van der Waals surface area contributed by atoms with Crippen LogP contribution < -0.4 is 18.5 Å². The maximum absolute atomic E-state index is 12.7. The molecule has 0 atom stereocenters. The van der Waals surface area contributed by atoms with E-state index in [-0.39, 0.29) is 31.0 Å². The number of nitrogens with zero attached hydrogens (tertiary/aromatic N) is 5. The summed E-state index contributed by atoms with van der Waals surface area (Å²) in [5, 5.41) is 10.3. The number of aromatic nitrogens is 2. The fourth-order valence-corrected chi connectivity index (χ4v) is 6.45. The molecule has 1 amide bonds. The van der Waals surface area contributed by atoms with Crippen molar-refractivity contribution in [3.8, 4) is 23.3 Å². The van der Waals surface area contributed by atoms with Crippen molar-refractivity contribution < 1.29 is 32.2 Å². The third kappa shape index (κ3) is 9.23. The first-order chi connectivity index (χ1) is 24.5. The van der Waals surface area contributed by atoms with Crippen LogP contribution in [0.25, 0.3) is 0 Å². The number of hydrogen-bond donors (Lipinski definition) is 0. The molecule has 0 saturated carbocycles. The van der Waals surface area contributed by atoms with Gasteiger partial charge in [-0.15, -0.1) is 0 Å². The van der Waals surface area contributed by atoms with Crippen LogP contribution in [0.3, 0.4) is 0 Å². The average Bonchev–Trinajstić information content (AvgIpc) is 3.07. The van der Waals surface area contributed by atoms with Gasteiger partial charge < -0.3 is 23.8 Å². The van der Waals surface area contributed by atoms with Crippen LogP contribution in [0.5, 0.6) is 17.2 Å². The number of methoxy groups -OCH3 is 1. The highest BCUT2D eigenvalue weighted by atomic mass is 35.5. The average molecular weight is 748 g/mol. The van der Waals surface area contributed by atoms with Gasteiger partial charge in [-0.1, -0.05) is 49.7 Å². The topological polar surface area (TPSA) is 144 Å². The van der Waals surface area contributed by atoms with Gasteiger partial charge in [0.25, 0.3) is 0 Å². The van der Waals surface area contributed by atoms with Gasteiger partial charge in [-0.25, -0.2) is 27.5 Å². The summed E-state index contributed by atoms with van der Waals surface area (Å²) >= 11 is 6.70. The number of anilines is 1. The molecular weight excluding hydrogens is 706 g/mol. The van der Waals surface area contributed by atoms with Crippen LogP contribution in [0, 0.1) is 11.3 Å². The van der Waals surface area contributed by atoms with Gasteiger partial charge in [0.15, 0.2) is 5.75 Å². The van der Waals surface area contributed by atoms with Crippen molar-refractivity contribution in [2.75, 3.05) is 30.8 Å². The van der Waals surface area contributed by atoms with E-state index in [1.54, 1.807) is 54.5 Å². The molecule has 1 saturated heterocycles. The lowest BCUT2D eigenvalue weighted by Gasteiger charge is -2.39. The lowest BCUT2D eigenvalue weighted by atomic mass is 9.77. The Balaban J connectivity index is 1.24. The summed E-state index contributed by atoms with van der Waals surface area (Å²) < 4.78 is 49.2. The number of halogens is 1. The maximum atomic E-state index is 12.7. The van der Waals surface area contributed by atoms with Crippen molar-refractivity contribution in [3.63, 3.8) is 0 Å². The number of amides is 1. The van der Waals surface area contributed by atoms with Crippen molar-refractivity contribution in [2.45, 2.75) is 64.9 Å². The van der Waals surface area contributed by atoms with E-state index in [1.165, 1.54) is 6.20 Å². The summed E-state index contributed by atoms with van der Waals surface area (Å²) in [5.74, 6) is 1.57. The summed E-state index contributed by atoms with van der Waals surface area (Å²) in [4.78, 5) is 22.6. The Bertz CT molecular complexity index is 2060. The standard InChI is InChI=1S/C38H42ClN5O7S/c1-37(2,3)51-36(45)43-22-32(23-43)50-34-26(20-40)18-28(19-33(34)39)38(4,5)27-10-14-31(15-11-27)49-24-29-16-17-41-35(42-29)44(52(7,46)47)21-25-8-12-30(48-6)13-9-25/h8-19,32H,21-24H2,1-7H3. The molecule has 5 rings (SSSR count). The molecule has 0 unspecified atom stereocenters.